The minimum Gasteiger partial charge on any atom is -0.356 e. The Kier molecular flexibility index (Phi) is 4.42. The summed E-state index contributed by atoms with van der Waals surface area (Å²) < 4.78 is 5.19. The summed E-state index contributed by atoms with van der Waals surface area (Å²) in [6.07, 6.45) is 0.101. The van der Waals surface area contributed by atoms with Crippen molar-refractivity contribution >= 4 is 34.3 Å². The molecule has 0 saturated heterocycles. The van der Waals surface area contributed by atoms with Crippen LogP contribution in [-0.4, -0.2) is 24.1 Å². The molecule has 0 fully saturated rings. The van der Waals surface area contributed by atoms with E-state index >= 15 is 0 Å². The van der Waals surface area contributed by atoms with E-state index in [0.29, 0.717) is 22.7 Å². The third-order valence-corrected chi connectivity index (χ3v) is 3.41. The topological polar surface area (TPSA) is 96.3 Å². The summed E-state index contributed by atoms with van der Waals surface area (Å²) in [7, 11) is 1.53. The Hall–Kier alpha value is -3.35. The van der Waals surface area contributed by atoms with E-state index in [4.69, 9.17) is 4.52 Å². The van der Waals surface area contributed by atoms with Crippen molar-refractivity contribution < 1.29 is 14.1 Å². The van der Waals surface area contributed by atoms with Crippen molar-refractivity contribution in [2.75, 3.05) is 17.7 Å². The van der Waals surface area contributed by atoms with Crippen LogP contribution in [0.5, 0.6) is 0 Å². The number of fused-ring (bicyclic) bond motifs is 1. The number of carbonyl (C=O) groups excluding carboxylic acids is 2. The lowest BCUT2D eigenvalue weighted by molar-refractivity contribution is -0.115. The summed E-state index contributed by atoms with van der Waals surface area (Å²) in [5.74, 6) is -0.217. The average molecular weight is 324 g/mol. The smallest absolute Gasteiger partial charge is 0.318 e. The lowest BCUT2D eigenvalue weighted by atomic mass is 10.1. The quantitative estimate of drug-likeness (QED) is 0.687. The fourth-order valence-electron chi connectivity index (χ4n) is 2.29. The monoisotopic (exact) mass is 324 g/mol. The lowest BCUT2D eigenvalue weighted by Gasteiger charge is -2.08. The second-order valence-corrected chi connectivity index (χ2v) is 5.14. The zero-order chi connectivity index (χ0) is 16.9. The molecule has 3 N–H and O–H groups in total. The van der Waals surface area contributed by atoms with Crippen molar-refractivity contribution in [3.8, 4) is 0 Å². The SMILES string of the molecule is CNC(=O)Nc1cccc(NC(=O)Cc2noc3ccccc23)c1. The van der Waals surface area contributed by atoms with Gasteiger partial charge in [0.15, 0.2) is 5.58 Å². The van der Waals surface area contributed by atoms with Gasteiger partial charge in [-0.05, 0) is 30.3 Å². The summed E-state index contributed by atoms with van der Waals surface area (Å²) in [6.45, 7) is 0. The fourth-order valence-corrected chi connectivity index (χ4v) is 2.29. The zero-order valence-corrected chi connectivity index (χ0v) is 13.0. The molecule has 0 spiro atoms. The number of anilines is 2. The van der Waals surface area contributed by atoms with E-state index in [1.54, 1.807) is 30.3 Å². The van der Waals surface area contributed by atoms with Crippen molar-refractivity contribution in [1.82, 2.24) is 10.5 Å². The van der Waals surface area contributed by atoms with Gasteiger partial charge in [-0.3, -0.25) is 4.79 Å². The number of hydrogen-bond donors (Lipinski definition) is 3. The highest BCUT2D eigenvalue weighted by Crippen LogP contribution is 2.19. The molecule has 0 bridgehead atoms. The van der Waals surface area contributed by atoms with Crippen LogP contribution in [0.25, 0.3) is 11.0 Å². The number of amides is 3. The summed E-state index contributed by atoms with van der Waals surface area (Å²) in [5.41, 5.74) is 2.40. The number of nitrogens with one attached hydrogen (secondary N) is 3. The minimum absolute atomic E-state index is 0.101. The third kappa shape index (κ3) is 3.52. The van der Waals surface area contributed by atoms with E-state index in [-0.39, 0.29) is 18.4 Å². The molecule has 0 radical (unpaired) electrons. The Balaban J connectivity index is 1.68. The van der Waals surface area contributed by atoms with Crippen LogP contribution in [0.1, 0.15) is 5.69 Å². The van der Waals surface area contributed by atoms with Crippen LogP contribution in [-0.2, 0) is 11.2 Å². The van der Waals surface area contributed by atoms with Gasteiger partial charge in [0.1, 0.15) is 5.69 Å². The first kappa shape index (κ1) is 15.5. The third-order valence-electron chi connectivity index (χ3n) is 3.41. The molecule has 7 heteroatoms. The molecular formula is C17H16N4O3. The number of nitrogens with zero attached hydrogens (tertiary/aromatic N) is 1. The predicted molar refractivity (Wildman–Crippen MR) is 90.9 cm³/mol. The highest BCUT2D eigenvalue weighted by atomic mass is 16.5. The maximum atomic E-state index is 12.2. The first-order valence-corrected chi connectivity index (χ1v) is 7.37. The number of benzene rings is 2. The van der Waals surface area contributed by atoms with E-state index in [1.165, 1.54) is 7.05 Å². The Morgan fingerprint density at radius 3 is 2.58 bits per heavy atom. The van der Waals surface area contributed by atoms with Crippen LogP contribution in [0.3, 0.4) is 0 Å². The largest absolute Gasteiger partial charge is 0.356 e. The van der Waals surface area contributed by atoms with Crippen LogP contribution in [0.2, 0.25) is 0 Å². The molecule has 3 rings (SSSR count). The second kappa shape index (κ2) is 6.82. The number of aromatic nitrogens is 1. The molecule has 24 heavy (non-hydrogen) atoms. The van der Waals surface area contributed by atoms with E-state index < -0.39 is 0 Å². The van der Waals surface area contributed by atoms with Crippen molar-refractivity contribution in [1.29, 1.82) is 0 Å². The van der Waals surface area contributed by atoms with Crippen molar-refractivity contribution in [3.63, 3.8) is 0 Å². The van der Waals surface area contributed by atoms with Gasteiger partial charge in [-0.2, -0.15) is 0 Å². The number of carbonyl (C=O) groups is 2. The highest BCUT2D eigenvalue weighted by molar-refractivity contribution is 5.96. The van der Waals surface area contributed by atoms with E-state index in [1.807, 2.05) is 18.2 Å². The molecule has 122 valence electrons. The molecule has 3 aromatic rings. The number of para-hydroxylation sites is 1. The van der Waals surface area contributed by atoms with Gasteiger partial charge < -0.3 is 20.5 Å². The van der Waals surface area contributed by atoms with Crippen LogP contribution >= 0.6 is 0 Å². The Morgan fingerprint density at radius 2 is 1.79 bits per heavy atom. The Morgan fingerprint density at radius 1 is 1.04 bits per heavy atom. The molecule has 0 unspecified atom stereocenters. The van der Waals surface area contributed by atoms with Crippen LogP contribution in [0, 0.1) is 0 Å². The minimum atomic E-state index is -0.326. The van der Waals surface area contributed by atoms with Gasteiger partial charge >= 0.3 is 6.03 Å². The summed E-state index contributed by atoms with van der Waals surface area (Å²) in [5, 5.41) is 12.7. The van der Waals surface area contributed by atoms with Gasteiger partial charge in [0.25, 0.3) is 0 Å². The van der Waals surface area contributed by atoms with Crippen LogP contribution < -0.4 is 16.0 Å². The van der Waals surface area contributed by atoms with E-state index in [2.05, 4.69) is 21.1 Å². The first-order chi connectivity index (χ1) is 11.7. The first-order valence-electron chi connectivity index (χ1n) is 7.37. The van der Waals surface area contributed by atoms with Gasteiger partial charge in [-0.15, -0.1) is 0 Å². The fraction of sp³-hybridized carbons (Fsp3) is 0.118. The molecule has 0 aliphatic carbocycles. The number of hydrogen-bond acceptors (Lipinski definition) is 4. The molecule has 3 amide bonds. The van der Waals surface area contributed by atoms with Crippen molar-refractivity contribution in [3.05, 3.63) is 54.2 Å². The van der Waals surface area contributed by atoms with Crippen LogP contribution in [0.4, 0.5) is 16.2 Å². The van der Waals surface area contributed by atoms with Gasteiger partial charge in [0.05, 0.1) is 6.42 Å². The summed E-state index contributed by atoms with van der Waals surface area (Å²) in [4.78, 5) is 23.5. The molecular weight excluding hydrogens is 308 g/mol. The molecule has 1 heterocycles. The molecule has 1 aromatic heterocycles. The summed E-state index contributed by atoms with van der Waals surface area (Å²) in [6, 6.07) is 14.0. The summed E-state index contributed by atoms with van der Waals surface area (Å²) >= 11 is 0. The maximum absolute atomic E-state index is 12.2. The van der Waals surface area contributed by atoms with Crippen LogP contribution in [0.15, 0.2) is 53.1 Å². The van der Waals surface area contributed by atoms with E-state index in [9.17, 15) is 9.59 Å². The molecule has 0 saturated carbocycles. The second-order valence-electron chi connectivity index (χ2n) is 5.14. The Bertz CT molecular complexity index is 888. The van der Waals surface area contributed by atoms with E-state index in [0.717, 1.165) is 5.39 Å². The van der Waals surface area contributed by atoms with Gasteiger partial charge in [-0.1, -0.05) is 23.4 Å². The van der Waals surface area contributed by atoms with Gasteiger partial charge in [-0.25, -0.2) is 4.79 Å². The lowest BCUT2D eigenvalue weighted by Crippen LogP contribution is -2.24. The molecule has 7 nitrogen and oxygen atoms in total. The van der Waals surface area contributed by atoms with Gasteiger partial charge in [0, 0.05) is 23.8 Å². The highest BCUT2D eigenvalue weighted by Gasteiger charge is 2.12. The average Bonchev–Trinajstić information content (AvgIpc) is 2.98. The number of rotatable bonds is 4. The molecule has 0 aliphatic rings. The standard InChI is InChI=1S/C17H16N4O3/c1-18-17(23)20-12-6-4-5-11(9-12)19-16(22)10-14-13-7-2-3-8-15(13)24-21-14/h2-9H,10H2,1H3,(H,19,22)(H2,18,20,23). The van der Waals surface area contributed by atoms with Crippen molar-refractivity contribution in [2.45, 2.75) is 6.42 Å². The number of urea groups is 1. The molecule has 0 aliphatic heterocycles. The molecule has 2 aromatic carbocycles. The van der Waals surface area contributed by atoms with Gasteiger partial charge in [0.2, 0.25) is 5.91 Å². The maximum Gasteiger partial charge on any atom is 0.318 e. The normalized spacial score (nSPS) is 10.4. The van der Waals surface area contributed by atoms with Crippen molar-refractivity contribution in [2.24, 2.45) is 0 Å². The zero-order valence-electron chi connectivity index (χ0n) is 13.0. The molecule has 0 atom stereocenters. The predicted octanol–water partition coefficient (Wildman–Crippen LogP) is 2.76. The Labute approximate surface area is 138 Å².